The molecule has 52 heavy (non-hydrogen) atoms. The molecule has 7 atom stereocenters. The predicted octanol–water partition coefficient (Wildman–Crippen LogP) is 2.74. The number of amides is 4. The average Bonchev–Trinajstić information content (AvgIpc) is 3.98. The molecule has 0 bridgehead atoms. The number of nitrogens with one attached hydrogen (secondary N) is 3. The van der Waals surface area contributed by atoms with E-state index in [0.717, 1.165) is 5.39 Å². The summed E-state index contributed by atoms with van der Waals surface area (Å²) in [5.41, 5.74) is -1.56. The third-order valence-corrected chi connectivity index (χ3v) is 13.1. The number of rotatable bonds is 9. The molecule has 1 saturated heterocycles. The number of nitrogens with zero attached hydrogens (tertiary/aromatic N) is 2. The fraction of sp³-hybridized carbons (Fsp3) is 0.583. The van der Waals surface area contributed by atoms with Gasteiger partial charge in [-0.1, -0.05) is 37.3 Å². The molecule has 6 rings (SSSR count). The lowest BCUT2D eigenvalue weighted by Crippen LogP contribution is -2.59. The zero-order valence-corrected chi connectivity index (χ0v) is 30.6. The Morgan fingerprint density at radius 1 is 1.13 bits per heavy atom. The Balaban J connectivity index is 1.36. The number of carboxylic acid groups (broad SMARTS) is 1. The predicted molar refractivity (Wildman–Crippen MR) is 189 cm³/mol. The van der Waals surface area contributed by atoms with Gasteiger partial charge in [-0.3, -0.25) is 19.1 Å². The summed E-state index contributed by atoms with van der Waals surface area (Å²) in [5.74, 6) is -2.35. The highest BCUT2D eigenvalue weighted by molar-refractivity contribution is 7.91. The van der Waals surface area contributed by atoms with Crippen LogP contribution in [-0.4, -0.2) is 103 Å². The van der Waals surface area contributed by atoms with Crippen molar-refractivity contribution in [1.29, 1.82) is 0 Å². The van der Waals surface area contributed by atoms with E-state index in [1.165, 1.54) is 25.3 Å². The quantitative estimate of drug-likeness (QED) is 0.275. The van der Waals surface area contributed by atoms with Crippen LogP contribution >= 0.6 is 0 Å². The molecule has 282 valence electrons. The SMILES string of the molecule is COC[C@@H]1C[C@H](C)CCC=C[C@@H]2C[C@@]2(C(=O)NS(=O)(=O)C2(C)CC2)NC(=O)[C@@H]2C[C@@H](Oc3ncc(OC)c4ccccc34)CN2C(=O)[C@H]1NC(=O)O. The zero-order chi connectivity index (χ0) is 37.4. The summed E-state index contributed by atoms with van der Waals surface area (Å²) in [4.78, 5) is 60.6. The van der Waals surface area contributed by atoms with Gasteiger partial charge >= 0.3 is 6.09 Å². The Bertz CT molecular complexity index is 1870. The second-order valence-electron chi connectivity index (χ2n) is 14.8. The second kappa shape index (κ2) is 14.5. The third-order valence-electron chi connectivity index (χ3n) is 11.0. The number of pyridine rings is 1. The van der Waals surface area contributed by atoms with Gasteiger partial charge in [0.2, 0.25) is 27.7 Å². The monoisotopic (exact) mass is 741 g/mol. The minimum absolute atomic E-state index is 0.0146. The number of fused-ring (bicyclic) bond motifs is 3. The maximum absolute atomic E-state index is 14.5. The lowest BCUT2D eigenvalue weighted by Gasteiger charge is -2.33. The van der Waals surface area contributed by atoms with E-state index in [0.29, 0.717) is 43.2 Å². The molecule has 4 aliphatic rings. The van der Waals surface area contributed by atoms with Gasteiger partial charge in [0.05, 0.1) is 31.2 Å². The van der Waals surface area contributed by atoms with Gasteiger partial charge in [0.1, 0.15) is 29.5 Å². The minimum Gasteiger partial charge on any atom is -0.494 e. The van der Waals surface area contributed by atoms with E-state index >= 15 is 0 Å². The van der Waals surface area contributed by atoms with Crippen LogP contribution in [0.3, 0.4) is 0 Å². The molecule has 15 nitrogen and oxygen atoms in total. The Kier molecular flexibility index (Phi) is 10.4. The van der Waals surface area contributed by atoms with Crippen LogP contribution in [0, 0.1) is 17.8 Å². The average molecular weight is 742 g/mol. The van der Waals surface area contributed by atoms with Gasteiger partial charge in [-0.05, 0) is 57.4 Å². The Morgan fingerprint density at radius 2 is 1.87 bits per heavy atom. The largest absolute Gasteiger partial charge is 0.494 e. The maximum atomic E-state index is 14.5. The fourth-order valence-electron chi connectivity index (χ4n) is 7.48. The molecule has 2 aliphatic carbocycles. The molecule has 2 saturated carbocycles. The van der Waals surface area contributed by atoms with Crippen molar-refractivity contribution in [3.63, 3.8) is 0 Å². The Labute approximate surface area is 302 Å². The van der Waals surface area contributed by atoms with Crippen molar-refractivity contribution in [3.8, 4) is 11.6 Å². The molecule has 2 aliphatic heterocycles. The van der Waals surface area contributed by atoms with E-state index in [1.54, 1.807) is 6.92 Å². The molecule has 0 radical (unpaired) electrons. The number of aromatic nitrogens is 1. The number of sulfonamides is 1. The van der Waals surface area contributed by atoms with Crippen LogP contribution < -0.4 is 24.8 Å². The van der Waals surface area contributed by atoms with Crippen molar-refractivity contribution in [2.24, 2.45) is 17.8 Å². The van der Waals surface area contributed by atoms with Gasteiger partial charge in [0.25, 0.3) is 5.91 Å². The third kappa shape index (κ3) is 7.40. The van der Waals surface area contributed by atoms with Crippen molar-refractivity contribution < 1.29 is 46.9 Å². The number of methoxy groups -OCH3 is 2. The Morgan fingerprint density at radius 3 is 2.54 bits per heavy atom. The highest BCUT2D eigenvalue weighted by Gasteiger charge is 2.63. The molecule has 0 unspecified atom stereocenters. The summed E-state index contributed by atoms with van der Waals surface area (Å²) >= 11 is 0. The normalized spacial score (nSPS) is 30.2. The molecular formula is C36H47N5O10S. The highest BCUT2D eigenvalue weighted by atomic mass is 32.2. The lowest BCUT2D eigenvalue weighted by atomic mass is 9.87. The number of allylic oxidation sites excluding steroid dienone is 1. The Hall–Kier alpha value is -4.44. The van der Waals surface area contributed by atoms with Gasteiger partial charge < -0.3 is 34.9 Å². The summed E-state index contributed by atoms with van der Waals surface area (Å²) in [5, 5.41) is 16.5. The van der Waals surface area contributed by atoms with Crippen LogP contribution in [0.25, 0.3) is 10.8 Å². The van der Waals surface area contributed by atoms with Crippen molar-refractivity contribution in [2.45, 2.75) is 87.3 Å². The van der Waals surface area contributed by atoms with Crippen LogP contribution in [0.2, 0.25) is 0 Å². The molecule has 4 N–H and O–H groups in total. The standard InChI is InChI=1S/C36H47N5O10S/c1-21-9-5-6-10-23-17-36(23,33(44)40-52(47,48)35(2)13-14-35)39-30(42)27-16-24(51-31-26-12-8-7-11-25(26)28(50-4)18-37-31)19-41(27)32(43)29(38-34(45)46)22(15-21)20-49-3/h6-8,10-12,18,21-24,27,29,38H,5,9,13-17,19-20H2,1-4H3,(H,39,42)(H,40,44)(H,45,46)/t21-,22+,23-,24-,27+,29+,36-/m1/s1. The summed E-state index contributed by atoms with van der Waals surface area (Å²) in [6.07, 6.45) is 5.87. The second-order valence-corrected chi connectivity index (χ2v) is 17.0. The van der Waals surface area contributed by atoms with Crippen LogP contribution in [-0.2, 0) is 29.1 Å². The summed E-state index contributed by atoms with van der Waals surface area (Å²) < 4.78 is 44.7. The highest BCUT2D eigenvalue weighted by Crippen LogP contribution is 2.47. The first-order valence-corrected chi connectivity index (χ1v) is 19.1. The first-order valence-electron chi connectivity index (χ1n) is 17.6. The summed E-state index contributed by atoms with van der Waals surface area (Å²) in [6.45, 7) is 3.57. The van der Waals surface area contributed by atoms with E-state index in [4.69, 9.17) is 14.2 Å². The summed E-state index contributed by atoms with van der Waals surface area (Å²) in [7, 11) is -0.999. The van der Waals surface area contributed by atoms with Gasteiger partial charge in [-0.2, -0.15) is 0 Å². The van der Waals surface area contributed by atoms with Crippen molar-refractivity contribution in [1.82, 2.24) is 25.2 Å². The van der Waals surface area contributed by atoms with E-state index in [2.05, 4.69) is 20.3 Å². The molecule has 16 heteroatoms. The number of hydrogen-bond acceptors (Lipinski definition) is 10. The lowest BCUT2D eigenvalue weighted by molar-refractivity contribution is -0.142. The van der Waals surface area contributed by atoms with Gasteiger partial charge in [-0.25, -0.2) is 18.2 Å². The molecule has 3 fully saturated rings. The topological polar surface area (TPSA) is 203 Å². The number of benzene rings is 1. The molecule has 3 heterocycles. The van der Waals surface area contributed by atoms with Crippen LogP contribution in [0.15, 0.2) is 42.6 Å². The number of carbonyl (C=O) groups is 4. The van der Waals surface area contributed by atoms with Crippen molar-refractivity contribution >= 4 is 44.6 Å². The van der Waals surface area contributed by atoms with Crippen molar-refractivity contribution in [2.75, 3.05) is 27.4 Å². The molecule has 1 aromatic heterocycles. The molecule has 0 spiro atoms. The van der Waals surface area contributed by atoms with Gasteiger partial charge in [0.15, 0.2) is 0 Å². The van der Waals surface area contributed by atoms with Crippen LogP contribution in [0.4, 0.5) is 4.79 Å². The van der Waals surface area contributed by atoms with Crippen molar-refractivity contribution in [3.05, 3.63) is 42.6 Å². The van der Waals surface area contributed by atoms with Crippen LogP contribution in [0.1, 0.15) is 58.8 Å². The van der Waals surface area contributed by atoms with E-state index in [1.807, 2.05) is 43.3 Å². The first-order chi connectivity index (χ1) is 24.7. The van der Waals surface area contributed by atoms with E-state index in [-0.39, 0.29) is 37.8 Å². The fourth-order valence-corrected chi connectivity index (χ4v) is 8.79. The summed E-state index contributed by atoms with van der Waals surface area (Å²) in [6, 6.07) is 4.88. The zero-order valence-electron chi connectivity index (χ0n) is 29.8. The van der Waals surface area contributed by atoms with Gasteiger partial charge in [-0.15, -0.1) is 0 Å². The van der Waals surface area contributed by atoms with E-state index < -0.39 is 74.1 Å². The molecule has 4 amide bonds. The number of hydrogen-bond donors (Lipinski definition) is 4. The maximum Gasteiger partial charge on any atom is 0.405 e. The number of carbonyl (C=O) groups excluding carboxylic acids is 3. The minimum atomic E-state index is -4.01. The van der Waals surface area contributed by atoms with Crippen LogP contribution in [0.5, 0.6) is 11.6 Å². The first kappa shape index (κ1) is 37.3. The van der Waals surface area contributed by atoms with E-state index in [9.17, 15) is 32.7 Å². The smallest absolute Gasteiger partial charge is 0.405 e. The molecular weight excluding hydrogens is 694 g/mol. The molecule has 1 aromatic carbocycles. The van der Waals surface area contributed by atoms with Gasteiger partial charge in [0, 0.05) is 36.1 Å². The number of ether oxygens (including phenoxy) is 3. The molecule has 2 aromatic rings.